The number of hydrogen-bond acceptors (Lipinski definition) is 2. The van der Waals surface area contributed by atoms with Crippen molar-refractivity contribution in [3.63, 3.8) is 0 Å². The lowest BCUT2D eigenvalue weighted by Gasteiger charge is -2.05. The summed E-state index contributed by atoms with van der Waals surface area (Å²) in [5.41, 5.74) is 5.31. The van der Waals surface area contributed by atoms with Gasteiger partial charge in [-0.05, 0) is 24.3 Å². The molecule has 1 rings (SSSR count). The molecule has 0 atom stereocenters. The number of carbonyl (C=O) groups excluding carboxylic acids is 1. The fourth-order valence-corrected chi connectivity index (χ4v) is 0.809. The second-order valence-corrected chi connectivity index (χ2v) is 2.34. The van der Waals surface area contributed by atoms with Gasteiger partial charge in [-0.3, -0.25) is 5.43 Å². The summed E-state index contributed by atoms with van der Waals surface area (Å²) in [6.45, 7) is 0. The number of halogens is 1. The molecule has 0 radical (unpaired) electrons. The number of benzene rings is 1. The lowest BCUT2D eigenvalue weighted by Crippen LogP contribution is -2.37. The van der Waals surface area contributed by atoms with Gasteiger partial charge in [-0.2, -0.15) is 0 Å². The van der Waals surface area contributed by atoms with Crippen LogP contribution in [0.5, 0.6) is 0 Å². The number of carbonyl (C=O) groups is 1. The molecule has 70 valence electrons. The summed E-state index contributed by atoms with van der Waals surface area (Å²) in [7, 11) is 1.57. The van der Waals surface area contributed by atoms with Crippen LogP contribution in [0, 0.1) is 5.82 Å². The van der Waals surface area contributed by atoms with Crippen molar-refractivity contribution in [1.29, 1.82) is 0 Å². The van der Waals surface area contributed by atoms with Gasteiger partial charge in [0.1, 0.15) is 5.82 Å². The van der Waals surface area contributed by atoms with E-state index in [2.05, 4.69) is 16.2 Å². The van der Waals surface area contributed by atoms with E-state index < -0.39 is 6.03 Å². The number of amides is 2. The van der Waals surface area contributed by atoms with Gasteiger partial charge in [-0.1, -0.05) is 0 Å². The summed E-state index contributed by atoms with van der Waals surface area (Å²) in [5, 5.41) is 2.49. The average Bonchev–Trinajstić information content (AvgIpc) is 2.09. The monoisotopic (exact) mass is 183 g/mol. The van der Waals surface area contributed by atoms with E-state index in [0.717, 1.165) is 0 Å². The molecule has 0 saturated carbocycles. The number of urea groups is 1. The summed E-state index contributed by atoms with van der Waals surface area (Å²) < 4.78 is 12.4. The molecular weight excluding hydrogens is 173 g/mol. The minimum Gasteiger partial charge on any atom is -0.307 e. The quantitative estimate of drug-likeness (QED) is 0.601. The van der Waals surface area contributed by atoms with Crippen LogP contribution in [0.4, 0.5) is 14.9 Å². The smallest absolute Gasteiger partial charge is 0.307 e. The molecule has 0 aliphatic carbocycles. The van der Waals surface area contributed by atoms with Crippen LogP contribution in [0.2, 0.25) is 0 Å². The van der Waals surface area contributed by atoms with E-state index >= 15 is 0 Å². The Balaban J connectivity index is 2.54. The molecule has 0 bridgehead atoms. The van der Waals surface area contributed by atoms with Crippen LogP contribution < -0.4 is 16.2 Å². The molecule has 0 saturated heterocycles. The number of rotatable bonds is 2. The Hall–Kier alpha value is -1.62. The van der Waals surface area contributed by atoms with Crippen LogP contribution >= 0.6 is 0 Å². The molecule has 0 fully saturated rings. The van der Waals surface area contributed by atoms with Crippen LogP contribution in [0.15, 0.2) is 24.3 Å². The lowest BCUT2D eigenvalue weighted by atomic mass is 10.3. The Labute approximate surface area is 75.1 Å². The van der Waals surface area contributed by atoms with Gasteiger partial charge in [-0.25, -0.2) is 14.6 Å². The Morgan fingerprint density at radius 1 is 1.31 bits per heavy atom. The zero-order valence-corrected chi connectivity index (χ0v) is 7.10. The van der Waals surface area contributed by atoms with Crippen molar-refractivity contribution >= 4 is 11.7 Å². The summed E-state index contributed by atoms with van der Waals surface area (Å²) in [5.74, 6) is -0.334. The summed E-state index contributed by atoms with van der Waals surface area (Å²) in [6, 6.07) is 5.10. The standard InChI is InChI=1S/C8H10FN3O/c1-10-12-8(13)11-7-4-2-6(9)3-5-7/h2-5,10H,1H3,(H2,11,12,13). The molecule has 1 aromatic carbocycles. The molecule has 0 heterocycles. The second kappa shape index (κ2) is 4.42. The molecule has 2 amide bonds. The van der Waals surface area contributed by atoms with E-state index in [0.29, 0.717) is 5.69 Å². The Morgan fingerprint density at radius 2 is 1.92 bits per heavy atom. The number of hydrogen-bond donors (Lipinski definition) is 3. The highest BCUT2D eigenvalue weighted by atomic mass is 19.1. The maximum Gasteiger partial charge on any atom is 0.333 e. The predicted molar refractivity (Wildman–Crippen MR) is 47.6 cm³/mol. The highest BCUT2D eigenvalue weighted by Crippen LogP contribution is 2.07. The van der Waals surface area contributed by atoms with Crippen molar-refractivity contribution in [3.8, 4) is 0 Å². The third kappa shape index (κ3) is 3.08. The van der Waals surface area contributed by atoms with Crippen molar-refractivity contribution in [1.82, 2.24) is 10.9 Å². The lowest BCUT2D eigenvalue weighted by molar-refractivity contribution is 0.249. The molecule has 4 nitrogen and oxygen atoms in total. The van der Waals surface area contributed by atoms with Gasteiger partial charge in [0.2, 0.25) is 0 Å². The van der Waals surface area contributed by atoms with Crippen LogP contribution in [-0.2, 0) is 0 Å². The molecule has 5 heteroatoms. The number of anilines is 1. The fraction of sp³-hybridized carbons (Fsp3) is 0.125. The highest BCUT2D eigenvalue weighted by Gasteiger charge is 1.98. The topological polar surface area (TPSA) is 53.2 Å². The minimum absolute atomic E-state index is 0.334. The van der Waals surface area contributed by atoms with Crippen molar-refractivity contribution in [3.05, 3.63) is 30.1 Å². The molecule has 1 aromatic rings. The predicted octanol–water partition coefficient (Wildman–Crippen LogP) is 1.08. The van der Waals surface area contributed by atoms with E-state index in [-0.39, 0.29) is 5.82 Å². The molecule has 0 spiro atoms. The summed E-state index contributed by atoms with van der Waals surface area (Å²) in [6.07, 6.45) is 0. The maximum absolute atomic E-state index is 12.4. The zero-order chi connectivity index (χ0) is 9.68. The number of nitrogens with one attached hydrogen (secondary N) is 3. The average molecular weight is 183 g/mol. The fourth-order valence-electron chi connectivity index (χ4n) is 0.809. The molecule has 3 N–H and O–H groups in total. The molecule has 0 aliphatic heterocycles. The van der Waals surface area contributed by atoms with Crippen molar-refractivity contribution in [2.45, 2.75) is 0 Å². The summed E-state index contributed by atoms with van der Waals surface area (Å²) >= 11 is 0. The molecule has 0 aromatic heterocycles. The van der Waals surface area contributed by atoms with Gasteiger partial charge in [0.05, 0.1) is 0 Å². The first-order chi connectivity index (χ1) is 6.22. The summed E-state index contributed by atoms with van der Waals surface area (Å²) in [4.78, 5) is 10.9. The first kappa shape index (κ1) is 9.47. The first-order valence-electron chi connectivity index (χ1n) is 3.71. The highest BCUT2D eigenvalue weighted by molar-refractivity contribution is 5.88. The zero-order valence-electron chi connectivity index (χ0n) is 7.10. The number of hydrazine groups is 1. The Morgan fingerprint density at radius 3 is 2.46 bits per heavy atom. The maximum atomic E-state index is 12.4. The van der Waals surface area contributed by atoms with Crippen LogP contribution in [0.3, 0.4) is 0 Å². The van der Waals surface area contributed by atoms with Gasteiger partial charge in [0.15, 0.2) is 0 Å². The van der Waals surface area contributed by atoms with Gasteiger partial charge in [0, 0.05) is 12.7 Å². The Bertz CT molecular complexity index is 286. The molecular formula is C8H10FN3O. The van der Waals surface area contributed by atoms with Crippen molar-refractivity contribution in [2.24, 2.45) is 0 Å². The normalized spacial score (nSPS) is 9.38. The van der Waals surface area contributed by atoms with E-state index in [4.69, 9.17) is 0 Å². The van der Waals surface area contributed by atoms with Crippen LogP contribution in [-0.4, -0.2) is 13.1 Å². The van der Waals surface area contributed by atoms with Gasteiger partial charge < -0.3 is 5.32 Å². The van der Waals surface area contributed by atoms with Gasteiger partial charge >= 0.3 is 6.03 Å². The van der Waals surface area contributed by atoms with E-state index in [9.17, 15) is 9.18 Å². The third-order valence-electron chi connectivity index (χ3n) is 1.34. The van der Waals surface area contributed by atoms with Gasteiger partial charge in [0.25, 0.3) is 0 Å². The van der Waals surface area contributed by atoms with Crippen LogP contribution in [0.25, 0.3) is 0 Å². The first-order valence-corrected chi connectivity index (χ1v) is 3.71. The van der Waals surface area contributed by atoms with Crippen LogP contribution in [0.1, 0.15) is 0 Å². The molecule has 0 aliphatic rings. The molecule has 13 heavy (non-hydrogen) atoms. The SMILES string of the molecule is CNNC(=O)Nc1ccc(F)cc1. The van der Waals surface area contributed by atoms with E-state index in [1.54, 1.807) is 7.05 Å². The third-order valence-corrected chi connectivity index (χ3v) is 1.34. The second-order valence-electron chi connectivity index (χ2n) is 2.34. The van der Waals surface area contributed by atoms with E-state index in [1.807, 2.05) is 0 Å². The minimum atomic E-state index is -0.394. The van der Waals surface area contributed by atoms with E-state index in [1.165, 1.54) is 24.3 Å². The molecule has 0 unspecified atom stereocenters. The van der Waals surface area contributed by atoms with Gasteiger partial charge in [-0.15, -0.1) is 0 Å². The van der Waals surface area contributed by atoms with Crippen molar-refractivity contribution < 1.29 is 9.18 Å². The Kier molecular flexibility index (Phi) is 3.22. The van der Waals surface area contributed by atoms with Crippen molar-refractivity contribution in [2.75, 3.05) is 12.4 Å². The largest absolute Gasteiger partial charge is 0.333 e.